The first-order valence-corrected chi connectivity index (χ1v) is 32.9. The minimum Gasteiger partial charge on any atom is -0.479 e. The summed E-state index contributed by atoms with van der Waals surface area (Å²) in [6.45, 7) is 5.86. The molecule has 0 bridgehead atoms. The zero-order valence-corrected chi connectivity index (χ0v) is 51.5. The predicted molar refractivity (Wildman–Crippen MR) is 331 cm³/mol. The number of unbranched alkanes of at least 4 members (excludes halogenated alkanes) is 30. The van der Waals surface area contributed by atoms with Crippen molar-refractivity contribution < 1.29 is 58.2 Å². The van der Waals surface area contributed by atoms with Crippen molar-refractivity contribution in [2.45, 2.75) is 327 Å². The summed E-state index contributed by atoms with van der Waals surface area (Å²) in [4.78, 5) is 51.3. The molecule has 12 heteroatoms. The lowest BCUT2D eigenvalue weighted by atomic mass is 9.98. The first-order valence-electron chi connectivity index (χ1n) is 32.9. The quantitative estimate of drug-likeness (QED) is 0.0228. The van der Waals surface area contributed by atoms with Gasteiger partial charge in [0.05, 0.1) is 6.61 Å². The summed E-state index contributed by atoms with van der Waals surface area (Å²) in [6.07, 6.45) is 60.1. The minimum absolute atomic E-state index is 0.0238. The molecule has 6 atom stereocenters. The lowest BCUT2D eigenvalue weighted by Crippen LogP contribution is -2.61. The van der Waals surface area contributed by atoms with Crippen LogP contribution in [0.4, 0.5) is 0 Å². The van der Waals surface area contributed by atoms with Crippen LogP contribution < -0.4 is 0 Å². The molecule has 0 aliphatic carbocycles. The maximum atomic E-state index is 13.2. The molecule has 81 heavy (non-hydrogen) atoms. The molecule has 0 saturated carbocycles. The second kappa shape index (κ2) is 56.6. The van der Waals surface area contributed by atoms with Crippen LogP contribution in [0, 0.1) is 0 Å². The third kappa shape index (κ3) is 46.3. The number of ether oxygens (including phenoxy) is 5. The van der Waals surface area contributed by atoms with Gasteiger partial charge in [0.25, 0.3) is 0 Å². The molecule has 0 radical (unpaired) electrons. The number of carbonyl (C=O) groups excluding carboxylic acids is 3. The van der Waals surface area contributed by atoms with Crippen LogP contribution in [0.25, 0.3) is 0 Å². The van der Waals surface area contributed by atoms with Gasteiger partial charge in [-0.1, -0.05) is 235 Å². The second-order valence-corrected chi connectivity index (χ2v) is 22.4. The highest BCUT2D eigenvalue weighted by molar-refractivity contribution is 5.74. The van der Waals surface area contributed by atoms with Gasteiger partial charge in [-0.2, -0.15) is 0 Å². The molecule has 0 aromatic carbocycles. The minimum atomic E-state index is -1.92. The zero-order valence-electron chi connectivity index (χ0n) is 51.5. The first-order chi connectivity index (χ1) is 39.6. The number of carbonyl (C=O) groups is 4. The van der Waals surface area contributed by atoms with Gasteiger partial charge >= 0.3 is 23.9 Å². The van der Waals surface area contributed by atoms with Gasteiger partial charge in [0.15, 0.2) is 24.6 Å². The SMILES string of the molecule is CC/C=C\C/C=C\C/C=C\CCCCCC(=O)OC1C(OCC(COC(=O)CCCCCCCCCCC/C=C\C/C=C\CCCCC)OC(=O)CCCCCCCCCCC/C=C\CCCCCCCC)OC(C(=O)O)C(O)C1O. The average Bonchev–Trinajstić information content (AvgIpc) is 3.54. The van der Waals surface area contributed by atoms with Crippen molar-refractivity contribution in [2.24, 2.45) is 0 Å². The summed E-state index contributed by atoms with van der Waals surface area (Å²) < 4.78 is 28.5. The molecule has 1 saturated heterocycles. The van der Waals surface area contributed by atoms with Gasteiger partial charge in [0, 0.05) is 19.3 Å². The lowest BCUT2D eigenvalue weighted by Gasteiger charge is -2.40. The van der Waals surface area contributed by atoms with Crippen LogP contribution >= 0.6 is 0 Å². The van der Waals surface area contributed by atoms with Crippen LogP contribution in [0.5, 0.6) is 0 Å². The van der Waals surface area contributed by atoms with Crippen LogP contribution in [0.2, 0.25) is 0 Å². The Kier molecular flexibility index (Phi) is 52.6. The first kappa shape index (κ1) is 75.2. The number of rotatable bonds is 56. The van der Waals surface area contributed by atoms with Gasteiger partial charge in [0.1, 0.15) is 18.8 Å². The molecule has 0 aromatic rings. The standard InChI is InChI=1S/C69H118O12/c1-4-7-10-13-16-19-22-25-27-29-31-33-35-38-40-43-46-49-52-55-61(70)77-58-60(79-62(71)56-53-50-47-44-42-39-36-34-32-30-28-26-23-20-17-14-11-8-5-2)59-78-69-67(65(74)64(73)66(81-69)68(75)76)80-63(72)57-54-51-48-45-41-37-24-21-18-15-12-9-6-3/h9,12,16,18-19,21,25-28,37,41,60,64-67,69,73-74H,4-8,10-11,13-15,17,20,22-24,29-36,38-40,42-59H2,1-3H3,(H,75,76)/b12-9-,19-16-,21-18-,27-25-,28-26-,41-37-. The number of carboxylic acid groups (broad SMARTS) is 1. The van der Waals surface area contributed by atoms with E-state index in [2.05, 4.69) is 93.7 Å². The Hall–Kier alpha value is -3.84. The number of aliphatic carboxylic acids is 1. The number of esters is 3. The molecule has 1 rings (SSSR count). The third-order valence-corrected chi connectivity index (χ3v) is 14.7. The molecular formula is C69H118O12. The number of allylic oxidation sites excluding steroid dienone is 12. The van der Waals surface area contributed by atoms with E-state index in [1.165, 1.54) is 135 Å². The Morgan fingerprint density at radius 2 is 0.778 bits per heavy atom. The normalized spacial score (nSPS) is 18.2. The Balaban J connectivity index is 2.65. The Morgan fingerprint density at radius 1 is 0.420 bits per heavy atom. The van der Waals surface area contributed by atoms with E-state index in [1.54, 1.807) is 0 Å². The molecule has 466 valence electrons. The maximum Gasteiger partial charge on any atom is 0.335 e. The van der Waals surface area contributed by atoms with E-state index in [0.717, 1.165) is 96.3 Å². The summed E-state index contributed by atoms with van der Waals surface area (Å²) in [5, 5.41) is 31.6. The van der Waals surface area contributed by atoms with Crippen molar-refractivity contribution in [3.05, 3.63) is 72.9 Å². The van der Waals surface area contributed by atoms with E-state index in [9.17, 15) is 34.5 Å². The summed E-state index contributed by atoms with van der Waals surface area (Å²) >= 11 is 0. The largest absolute Gasteiger partial charge is 0.479 e. The van der Waals surface area contributed by atoms with E-state index in [4.69, 9.17) is 23.7 Å². The fraction of sp³-hybridized carbons (Fsp3) is 0.768. The van der Waals surface area contributed by atoms with Gasteiger partial charge in [-0.3, -0.25) is 14.4 Å². The van der Waals surface area contributed by atoms with E-state index < -0.39 is 67.3 Å². The van der Waals surface area contributed by atoms with Crippen LogP contribution in [-0.2, 0) is 42.9 Å². The highest BCUT2D eigenvalue weighted by Gasteiger charge is 2.50. The van der Waals surface area contributed by atoms with E-state index in [0.29, 0.717) is 19.3 Å². The smallest absolute Gasteiger partial charge is 0.335 e. The van der Waals surface area contributed by atoms with Crippen molar-refractivity contribution in [3.63, 3.8) is 0 Å². The Labute approximate surface area is 493 Å². The van der Waals surface area contributed by atoms with Crippen molar-refractivity contribution in [1.82, 2.24) is 0 Å². The highest BCUT2D eigenvalue weighted by atomic mass is 16.7. The summed E-state index contributed by atoms with van der Waals surface area (Å²) in [5.41, 5.74) is 0. The van der Waals surface area contributed by atoms with E-state index in [-0.39, 0.29) is 25.9 Å². The van der Waals surface area contributed by atoms with Crippen molar-refractivity contribution in [3.8, 4) is 0 Å². The summed E-state index contributed by atoms with van der Waals surface area (Å²) in [7, 11) is 0. The van der Waals surface area contributed by atoms with Crippen LogP contribution in [0.3, 0.4) is 0 Å². The highest BCUT2D eigenvalue weighted by Crippen LogP contribution is 2.27. The van der Waals surface area contributed by atoms with Gasteiger partial charge in [-0.05, 0) is 109 Å². The van der Waals surface area contributed by atoms with Crippen molar-refractivity contribution in [2.75, 3.05) is 13.2 Å². The average molecular weight is 1140 g/mol. The molecule has 6 unspecified atom stereocenters. The van der Waals surface area contributed by atoms with Crippen molar-refractivity contribution in [1.29, 1.82) is 0 Å². The van der Waals surface area contributed by atoms with E-state index in [1.807, 2.05) is 0 Å². The molecule has 1 heterocycles. The third-order valence-electron chi connectivity index (χ3n) is 14.7. The molecule has 1 aliphatic heterocycles. The van der Waals surface area contributed by atoms with E-state index >= 15 is 0 Å². The molecule has 0 spiro atoms. The molecule has 3 N–H and O–H groups in total. The predicted octanol–water partition coefficient (Wildman–Crippen LogP) is 17.7. The van der Waals surface area contributed by atoms with Gasteiger partial charge in [-0.25, -0.2) is 4.79 Å². The number of carboxylic acids is 1. The molecule has 1 fully saturated rings. The van der Waals surface area contributed by atoms with Crippen LogP contribution in [-0.4, -0.2) is 89.2 Å². The lowest BCUT2D eigenvalue weighted by molar-refractivity contribution is -0.301. The van der Waals surface area contributed by atoms with Gasteiger partial charge < -0.3 is 39.0 Å². The Morgan fingerprint density at radius 3 is 1.23 bits per heavy atom. The topological polar surface area (TPSA) is 175 Å². The number of aliphatic hydroxyl groups is 2. The molecule has 0 amide bonds. The fourth-order valence-corrected chi connectivity index (χ4v) is 9.70. The Bertz CT molecular complexity index is 1680. The molecule has 0 aromatic heterocycles. The number of hydrogen-bond donors (Lipinski definition) is 3. The fourth-order valence-electron chi connectivity index (χ4n) is 9.70. The van der Waals surface area contributed by atoms with Crippen LogP contribution in [0.15, 0.2) is 72.9 Å². The second-order valence-electron chi connectivity index (χ2n) is 22.4. The van der Waals surface area contributed by atoms with Gasteiger partial charge in [-0.15, -0.1) is 0 Å². The molecular weight excluding hydrogens is 1020 g/mol. The van der Waals surface area contributed by atoms with Crippen molar-refractivity contribution >= 4 is 23.9 Å². The maximum absolute atomic E-state index is 13.2. The molecule has 12 nitrogen and oxygen atoms in total. The summed E-state index contributed by atoms with van der Waals surface area (Å²) in [5.74, 6) is -3.15. The monoisotopic (exact) mass is 1140 g/mol. The number of aliphatic hydroxyl groups excluding tert-OH is 2. The van der Waals surface area contributed by atoms with Gasteiger partial charge in [0.2, 0.25) is 0 Å². The zero-order chi connectivity index (χ0) is 58.9. The number of hydrogen-bond acceptors (Lipinski definition) is 11. The molecule has 1 aliphatic rings. The van der Waals surface area contributed by atoms with Crippen LogP contribution in [0.1, 0.15) is 290 Å². The summed E-state index contributed by atoms with van der Waals surface area (Å²) in [6, 6.07) is 0.